The predicted octanol–water partition coefficient (Wildman–Crippen LogP) is 2.82. The average Bonchev–Trinajstić information content (AvgIpc) is 3.13. The molecule has 0 amide bonds. The van der Waals surface area contributed by atoms with Gasteiger partial charge in [0.1, 0.15) is 16.6 Å². The fourth-order valence-electron chi connectivity index (χ4n) is 1.89. The zero-order valence-corrected chi connectivity index (χ0v) is 16.3. The van der Waals surface area contributed by atoms with E-state index in [2.05, 4.69) is 27.3 Å². The Hall–Kier alpha value is -1.82. The molecule has 2 rings (SSSR count). The summed E-state index contributed by atoms with van der Waals surface area (Å²) in [5.41, 5.74) is 0. The molecule has 132 valence electrons. The third-order valence-corrected chi connectivity index (χ3v) is 6.59. The zero-order valence-electron chi connectivity index (χ0n) is 13.8. The molecule has 25 heavy (non-hydrogen) atoms. The van der Waals surface area contributed by atoms with Crippen LogP contribution in [0.5, 0.6) is 0 Å². The molecule has 1 aromatic carbocycles. The summed E-state index contributed by atoms with van der Waals surface area (Å²) in [6.45, 7) is 2.28. The number of rotatable bonds is 8. The molecule has 0 unspecified atom stereocenters. The molecule has 0 aliphatic carbocycles. The van der Waals surface area contributed by atoms with Crippen molar-refractivity contribution in [3.05, 3.63) is 46.9 Å². The van der Waals surface area contributed by atoms with Crippen molar-refractivity contribution in [2.75, 3.05) is 18.1 Å². The predicted molar refractivity (Wildman–Crippen MR) is 106 cm³/mol. The second-order valence-electron chi connectivity index (χ2n) is 4.90. The van der Waals surface area contributed by atoms with Crippen molar-refractivity contribution < 1.29 is 8.42 Å². The van der Waals surface area contributed by atoms with Crippen LogP contribution in [-0.2, 0) is 15.6 Å². The average molecular weight is 394 g/mol. The van der Waals surface area contributed by atoms with Crippen LogP contribution in [0.25, 0.3) is 0 Å². The van der Waals surface area contributed by atoms with Gasteiger partial charge in [0.15, 0.2) is 9.84 Å². The van der Waals surface area contributed by atoms with Gasteiger partial charge in [-0.2, -0.15) is 16.8 Å². The smallest absolute Gasteiger partial charge is 0.185 e. The van der Waals surface area contributed by atoms with Gasteiger partial charge in [-0.15, -0.1) is 11.3 Å². The van der Waals surface area contributed by atoms with Gasteiger partial charge in [0.25, 0.3) is 0 Å². The van der Waals surface area contributed by atoms with E-state index in [4.69, 9.17) is 0 Å². The summed E-state index contributed by atoms with van der Waals surface area (Å²) in [6.07, 6.45) is 1.79. The minimum Gasteiger partial charge on any atom is -0.371 e. The maximum absolute atomic E-state index is 12.5. The van der Waals surface area contributed by atoms with Crippen LogP contribution in [0.1, 0.15) is 11.9 Å². The molecule has 2 aromatic rings. The van der Waals surface area contributed by atoms with Crippen molar-refractivity contribution >= 4 is 38.8 Å². The number of sulfone groups is 1. The second-order valence-corrected chi connectivity index (χ2v) is 8.97. The van der Waals surface area contributed by atoms with Crippen molar-refractivity contribution in [2.45, 2.75) is 17.6 Å². The van der Waals surface area contributed by atoms with Crippen LogP contribution in [0.2, 0.25) is 0 Å². The van der Waals surface area contributed by atoms with E-state index in [9.17, 15) is 8.42 Å². The normalized spacial score (nSPS) is 11.6. The Balaban J connectivity index is 1.89. The minimum atomic E-state index is -3.44. The number of hydrogen-bond acceptors (Lipinski definition) is 6. The summed E-state index contributed by atoms with van der Waals surface area (Å²) in [5.74, 6) is 4.51. The van der Waals surface area contributed by atoms with Gasteiger partial charge in [0, 0.05) is 35.7 Å². The van der Waals surface area contributed by atoms with Gasteiger partial charge in [-0.25, -0.2) is 13.4 Å². The highest BCUT2D eigenvalue weighted by Gasteiger charge is 2.17. The molecule has 0 saturated heterocycles. The van der Waals surface area contributed by atoms with Crippen molar-refractivity contribution in [3.8, 4) is 12.0 Å². The number of nitrogens with one attached hydrogen (secondary N) is 1. The minimum absolute atomic E-state index is 0.192. The molecular formula is C17H19N3O2S3. The van der Waals surface area contributed by atoms with Gasteiger partial charge < -0.3 is 5.32 Å². The van der Waals surface area contributed by atoms with E-state index in [1.54, 1.807) is 66.6 Å². The topological polar surface area (TPSA) is 71.4 Å². The van der Waals surface area contributed by atoms with Gasteiger partial charge in [-0.05, 0) is 19.1 Å². The SMILES string of the molecule is CC#CN=C(CS(=O)(=O)c1ccccc1)NCCSCc1nccs1. The molecule has 5 nitrogen and oxygen atoms in total. The highest BCUT2D eigenvalue weighted by Crippen LogP contribution is 2.13. The standard InChI is InChI=1S/C17H19N3O2S3/c1-2-8-18-16(14-25(21,22)15-6-4-3-5-7-15)19-9-11-23-13-17-20-10-12-24-17/h3-7,10,12H,9,11,13-14H2,1H3,(H,18,19). The molecule has 0 bridgehead atoms. The van der Waals surface area contributed by atoms with E-state index >= 15 is 0 Å². The molecule has 0 aliphatic heterocycles. The van der Waals surface area contributed by atoms with Crippen molar-refractivity contribution in [1.82, 2.24) is 10.3 Å². The van der Waals surface area contributed by atoms with E-state index in [1.165, 1.54) is 0 Å². The summed E-state index contributed by atoms with van der Waals surface area (Å²) in [4.78, 5) is 8.56. The largest absolute Gasteiger partial charge is 0.371 e. The number of aliphatic imine (C=N–C) groups is 1. The summed E-state index contributed by atoms with van der Waals surface area (Å²) in [5, 5.41) is 6.13. The Morgan fingerprint density at radius 3 is 2.84 bits per heavy atom. The fraction of sp³-hybridized carbons (Fsp3) is 0.294. The molecule has 0 radical (unpaired) electrons. The molecule has 0 spiro atoms. The van der Waals surface area contributed by atoms with Crippen LogP contribution in [-0.4, -0.2) is 37.3 Å². The van der Waals surface area contributed by atoms with Gasteiger partial charge in [-0.3, -0.25) is 0 Å². The number of hydrogen-bond donors (Lipinski definition) is 1. The van der Waals surface area contributed by atoms with Gasteiger partial charge in [-0.1, -0.05) is 24.1 Å². The summed E-state index contributed by atoms with van der Waals surface area (Å²) >= 11 is 3.37. The highest BCUT2D eigenvalue weighted by molar-refractivity contribution is 7.98. The second kappa shape index (κ2) is 10.2. The molecule has 1 aromatic heterocycles. The first-order chi connectivity index (χ1) is 12.1. The zero-order chi connectivity index (χ0) is 18.0. The van der Waals surface area contributed by atoms with Crippen LogP contribution < -0.4 is 5.32 Å². The van der Waals surface area contributed by atoms with Gasteiger partial charge in [0.05, 0.1) is 4.90 Å². The van der Waals surface area contributed by atoms with Crippen molar-refractivity contribution in [1.29, 1.82) is 0 Å². The van der Waals surface area contributed by atoms with Crippen LogP contribution >= 0.6 is 23.1 Å². The van der Waals surface area contributed by atoms with Gasteiger partial charge in [0.2, 0.25) is 0 Å². The van der Waals surface area contributed by atoms with Gasteiger partial charge >= 0.3 is 0 Å². The molecule has 0 fully saturated rings. The Bertz CT molecular complexity index is 836. The number of amidine groups is 1. The number of aromatic nitrogens is 1. The number of thiazole rings is 1. The first-order valence-electron chi connectivity index (χ1n) is 7.58. The Kier molecular flexibility index (Phi) is 7.98. The third-order valence-electron chi connectivity index (χ3n) is 3.02. The lowest BCUT2D eigenvalue weighted by atomic mass is 10.4. The molecule has 0 aliphatic rings. The first-order valence-corrected chi connectivity index (χ1v) is 11.3. The van der Waals surface area contributed by atoms with Crippen molar-refractivity contribution in [2.24, 2.45) is 4.99 Å². The fourth-order valence-corrected chi connectivity index (χ4v) is 4.72. The molecule has 1 heterocycles. The molecular weight excluding hydrogens is 374 g/mol. The van der Waals surface area contributed by atoms with Crippen LogP contribution in [0, 0.1) is 12.0 Å². The lowest BCUT2D eigenvalue weighted by Gasteiger charge is -2.09. The molecule has 0 atom stereocenters. The monoisotopic (exact) mass is 393 g/mol. The molecule has 1 N–H and O–H groups in total. The number of benzene rings is 1. The van der Waals surface area contributed by atoms with E-state index in [0.29, 0.717) is 12.4 Å². The lowest BCUT2D eigenvalue weighted by Crippen LogP contribution is -2.32. The third kappa shape index (κ3) is 6.90. The van der Waals surface area contributed by atoms with Crippen LogP contribution in [0.15, 0.2) is 51.8 Å². The Morgan fingerprint density at radius 1 is 1.36 bits per heavy atom. The maximum atomic E-state index is 12.5. The summed E-state index contributed by atoms with van der Waals surface area (Å²) in [7, 11) is -3.44. The molecule has 8 heteroatoms. The summed E-state index contributed by atoms with van der Waals surface area (Å²) < 4.78 is 24.9. The Morgan fingerprint density at radius 2 is 2.16 bits per heavy atom. The quantitative estimate of drug-likeness (QED) is 0.323. The Labute approximate surface area is 156 Å². The number of thioether (sulfide) groups is 1. The van der Waals surface area contributed by atoms with E-state index in [1.807, 2.05) is 5.38 Å². The maximum Gasteiger partial charge on any atom is 0.185 e. The lowest BCUT2D eigenvalue weighted by molar-refractivity contribution is 0.599. The van der Waals surface area contributed by atoms with Crippen LogP contribution in [0.3, 0.4) is 0 Å². The van der Waals surface area contributed by atoms with Crippen molar-refractivity contribution in [3.63, 3.8) is 0 Å². The molecule has 0 saturated carbocycles. The van der Waals surface area contributed by atoms with Crippen LogP contribution in [0.4, 0.5) is 0 Å². The van der Waals surface area contributed by atoms with E-state index < -0.39 is 9.84 Å². The highest BCUT2D eigenvalue weighted by atomic mass is 32.2. The van der Waals surface area contributed by atoms with E-state index in [0.717, 1.165) is 16.5 Å². The number of nitrogens with zero attached hydrogens (tertiary/aromatic N) is 2. The van der Waals surface area contributed by atoms with E-state index in [-0.39, 0.29) is 10.6 Å². The summed E-state index contributed by atoms with van der Waals surface area (Å²) in [6, 6.07) is 11.0. The first kappa shape index (κ1) is 19.5.